The number of amides is 1. The van der Waals surface area contributed by atoms with Gasteiger partial charge in [0.05, 0.1) is 0 Å². The van der Waals surface area contributed by atoms with Gasteiger partial charge in [0.25, 0.3) is 5.91 Å². The summed E-state index contributed by atoms with van der Waals surface area (Å²) in [6.45, 7) is 6.48. The number of hydrogen-bond donors (Lipinski definition) is 1. The van der Waals surface area contributed by atoms with Crippen LogP contribution < -0.4 is 5.32 Å². The van der Waals surface area contributed by atoms with E-state index in [0.29, 0.717) is 23.6 Å². The fourth-order valence-electron chi connectivity index (χ4n) is 1.63. The van der Waals surface area contributed by atoms with Gasteiger partial charge in [0.15, 0.2) is 0 Å². The fraction of sp³-hybridized carbons (Fsp3) is 0.500. The molecule has 0 aliphatic carbocycles. The molecular formula is C14H19BrFNO. The molecule has 1 aromatic carbocycles. The molecule has 1 N–H and O–H groups in total. The minimum absolute atomic E-state index is 0.234. The van der Waals surface area contributed by atoms with E-state index in [2.05, 4.69) is 35.1 Å². The molecule has 0 heterocycles. The zero-order valence-corrected chi connectivity index (χ0v) is 12.6. The highest BCUT2D eigenvalue weighted by molar-refractivity contribution is 9.09. The van der Waals surface area contributed by atoms with Gasteiger partial charge in [-0.05, 0) is 37.0 Å². The molecule has 1 unspecified atom stereocenters. The number of hydrogen-bond acceptors (Lipinski definition) is 1. The molecule has 0 bridgehead atoms. The summed E-state index contributed by atoms with van der Waals surface area (Å²) in [7, 11) is 0. The van der Waals surface area contributed by atoms with E-state index in [4.69, 9.17) is 0 Å². The van der Waals surface area contributed by atoms with Crippen molar-refractivity contribution in [1.29, 1.82) is 0 Å². The molecule has 0 radical (unpaired) electrons. The van der Waals surface area contributed by atoms with Crippen LogP contribution in [0.1, 0.15) is 36.2 Å². The zero-order valence-electron chi connectivity index (χ0n) is 11.0. The number of aryl methyl sites for hydroxylation is 1. The lowest BCUT2D eigenvalue weighted by Crippen LogP contribution is -2.30. The molecule has 4 heteroatoms. The number of carbonyl (C=O) groups is 1. The van der Waals surface area contributed by atoms with Gasteiger partial charge in [-0.1, -0.05) is 35.8 Å². The van der Waals surface area contributed by atoms with Crippen molar-refractivity contribution in [2.75, 3.05) is 6.54 Å². The monoisotopic (exact) mass is 315 g/mol. The average Bonchev–Trinajstić information content (AvgIpc) is 2.28. The normalized spacial score (nSPS) is 12.6. The van der Waals surface area contributed by atoms with Crippen LogP contribution in [0.5, 0.6) is 0 Å². The molecule has 0 saturated carbocycles. The first-order valence-corrected chi connectivity index (χ1v) is 7.00. The van der Waals surface area contributed by atoms with Crippen LogP contribution in [-0.4, -0.2) is 17.3 Å². The molecule has 1 amide bonds. The predicted octanol–water partition coefficient (Wildman–Crippen LogP) is 3.67. The third-order valence-corrected chi connectivity index (χ3v) is 3.34. The van der Waals surface area contributed by atoms with E-state index in [0.717, 1.165) is 6.42 Å². The van der Waals surface area contributed by atoms with E-state index in [1.165, 1.54) is 6.07 Å². The number of nitrogens with one attached hydrogen (secondary N) is 1. The number of halogens is 2. The predicted molar refractivity (Wildman–Crippen MR) is 75.6 cm³/mol. The number of benzene rings is 1. The molecule has 2 nitrogen and oxygen atoms in total. The second kappa shape index (κ2) is 6.88. The van der Waals surface area contributed by atoms with Gasteiger partial charge in [0.2, 0.25) is 0 Å². The van der Waals surface area contributed by atoms with E-state index in [-0.39, 0.29) is 16.6 Å². The maximum Gasteiger partial charge on any atom is 0.251 e. The van der Waals surface area contributed by atoms with Crippen molar-refractivity contribution in [3.8, 4) is 0 Å². The Morgan fingerprint density at radius 1 is 1.44 bits per heavy atom. The minimum atomic E-state index is -0.347. The lowest BCUT2D eigenvalue weighted by atomic mass is 10.1. The standard InChI is InChI=1S/C14H19BrFNO/c1-9(2)6-12(15)8-17-14(18)11-5-4-10(3)13(16)7-11/h4-5,7,9,12H,6,8H2,1-3H3,(H,17,18). The second-order valence-electron chi connectivity index (χ2n) is 4.90. The molecule has 0 aliphatic heterocycles. The molecule has 0 aliphatic rings. The van der Waals surface area contributed by atoms with Gasteiger partial charge in [-0.25, -0.2) is 4.39 Å². The van der Waals surface area contributed by atoms with Crippen LogP contribution in [-0.2, 0) is 0 Å². The first-order valence-electron chi connectivity index (χ1n) is 6.08. The molecule has 1 aromatic rings. The summed E-state index contributed by atoms with van der Waals surface area (Å²) in [5.41, 5.74) is 0.909. The Hall–Kier alpha value is -0.900. The smallest absolute Gasteiger partial charge is 0.251 e. The molecule has 0 fully saturated rings. The van der Waals surface area contributed by atoms with Gasteiger partial charge in [-0.3, -0.25) is 4.79 Å². The third-order valence-electron chi connectivity index (χ3n) is 2.65. The molecule has 1 atom stereocenters. The lowest BCUT2D eigenvalue weighted by molar-refractivity contribution is 0.0953. The Morgan fingerprint density at radius 3 is 2.67 bits per heavy atom. The van der Waals surface area contributed by atoms with Crippen molar-refractivity contribution in [2.45, 2.75) is 32.0 Å². The Bertz CT molecular complexity index is 420. The number of rotatable bonds is 5. The maximum absolute atomic E-state index is 13.3. The summed E-state index contributed by atoms with van der Waals surface area (Å²) >= 11 is 3.52. The summed E-state index contributed by atoms with van der Waals surface area (Å²) in [5.74, 6) is -0.00887. The lowest BCUT2D eigenvalue weighted by Gasteiger charge is -2.13. The Labute approximate surface area is 116 Å². The molecule has 0 saturated heterocycles. The average molecular weight is 316 g/mol. The zero-order chi connectivity index (χ0) is 13.7. The van der Waals surface area contributed by atoms with Crippen LogP contribution >= 0.6 is 15.9 Å². The van der Waals surface area contributed by atoms with E-state index in [1.54, 1.807) is 19.1 Å². The number of alkyl halides is 1. The van der Waals surface area contributed by atoms with E-state index < -0.39 is 0 Å². The highest BCUT2D eigenvalue weighted by atomic mass is 79.9. The Morgan fingerprint density at radius 2 is 2.11 bits per heavy atom. The quantitative estimate of drug-likeness (QED) is 0.825. The molecule has 0 spiro atoms. The van der Waals surface area contributed by atoms with Gasteiger partial charge in [-0.2, -0.15) is 0 Å². The summed E-state index contributed by atoms with van der Waals surface area (Å²) in [6.07, 6.45) is 0.989. The molecular weight excluding hydrogens is 297 g/mol. The van der Waals surface area contributed by atoms with Crippen molar-refractivity contribution >= 4 is 21.8 Å². The van der Waals surface area contributed by atoms with Crippen LogP contribution in [0.3, 0.4) is 0 Å². The van der Waals surface area contributed by atoms with Crippen molar-refractivity contribution in [1.82, 2.24) is 5.32 Å². The van der Waals surface area contributed by atoms with Gasteiger partial charge in [-0.15, -0.1) is 0 Å². The van der Waals surface area contributed by atoms with E-state index >= 15 is 0 Å². The van der Waals surface area contributed by atoms with Gasteiger partial charge in [0, 0.05) is 16.9 Å². The first kappa shape index (κ1) is 15.2. The summed E-state index contributed by atoms with van der Waals surface area (Å²) in [5, 5.41) is 2.80. The van der Waals surface area contributed by atoms with Gasteiger partial charge >= 0.3 is 0 Å². The minimum Gasteiger partial charge on any atom is -0.351 e. The van der Waals surface area contributed by atoms with Gasteiger partial charge < -0.3 is 5.32 Å². The highest BCUT2D eigenvalue weighted by Crippen LogP contribution is 2.12. The van der Waals surface area contributed by atoms with Crippen molar-refractivity contribution in [3.05, 3.63) is 35.1 Å². The first-order chi connectivity index (χ1) is 8.40. The topological polar surface area (TPSA) is 29.1 Å². The van der Waals surface area contributed by atoms with Crippen molar-refractivity contribution in [2.24, 2.45) is 5.92 Å². The van der Waals surface area contributed by atoms with Crippen molar-refractivity contribution < 1.29 is 9.18 Å². The third kappa shape index (κ3) is 4.77. The van der Waals surface area contributed by atoms with Crippen LogP contribution in [0.4, 0.5) is 4.39 Å². The maximum atomic E-state index is 13.3. The SMILES string of the molecule is Cc1ccc(C(=O)NCC(Br)CC(C)C)cc1F. The van der Waals surface area contributed by atoms with Crippen molar-refractivity contribution in [3.63, 3.8) is 0 Å². The number of carbonyl (C=O) groups excluding carboxylic acids is 1. The van der Waals surface area contributed by atoms with Crippen LogP contribution in [0, 0.1) is 18.7 Å². The van der Waals surface area contributed by atoms with E-state index in [9.17, 15) is 9.18 Å². The second-order valence-corrected chi connectivity index (χ2v) is 6.20. The molecule has 0 aromatic heterocycles. The largest absolute Gasteiger partial charge is 0.351 e. The molecule has 1 rings (SSSR count). The van der Waals surface area contributed by atoms with Crippen LogP contribution in [0.25, 0.3) is 0 Å². The fourth-order valence-corrected chi connectivity index (χ4v) is 2.54. The summed E-state index contributed by atoms with van der Waals surface area (Å²) < 4.78 is 13.3. The molecule has 100 valence electrons. The Kier molecular flexibility index (Phi) is 5.79. The Balaban J connectivity index is 2.52. The summed E-state index contributed by atoms with van der Waals surface area (Å²) in [4.78, 5) is 12.0. The highest BCUT2D eigenvalue weighted by Gasteiger charge is 2.11. The van der Waals surface area contributed by atoms with E-state index in [1.807, 2.05) is 0 Å². The molecule has 18 heavy (non-hydrogen) atoms. The van der Waals surface area contributed by atoms with Gasteiger partial charge in [0.1, 0.15) is 5.82 Å². The summed E-state index contributed by atoms with van der Waals surface area (Å²) in [6, 6.07) is 4.53. The van der Waals surface area contributed by atoms with Crippen LogP contribution in [0.15, 0.2) is 18.2 Å². The van der Waals surface area contributed by atoms with Crippen LogP contribution in [0.2, 0.25) is 0 Å².